The molecule has 0 saturated heterocycles. The van der Waals surface area contributed by atoms with Crippen LogP contribution in [0, 0.1) is 11.7 Å². The summed E-state index contributed by atoms with van der Waals surface area (Å²) >= 11 is 0. The van der Waals surface area contributed by atoms with Crippen molar-refractivity contribution in [2.45, 2.75) is 26.1 Å². The van der Waals surface area contributed by atoms with Crippen LogP contribution in [0.3, 0.4) is 0 Å². The number of pyridine rings is 1. The lowest BCUT2D eigenvalue weighted by molar-refractivity contribution is -0.131. The quantitative estimate of drug-likeness (QED) is 0.695. The van der Waals surface area contributed by atoms with Crippen LogP contribution in [-0.4, -0.2) is 46.7 Å². The molecule has 0 aromatic carbocycles. The third kappa shape index (κ3) is 3.61. The fourth-order valence-corrected chi connectivity index (χ4v) is 3.22. The van der Waals surface area contributed by atoms with Crippen molar-refractivity contribution in [1.29, 1.82) is 0 Å². The molecular formula is C17H18FN7O. The molecule has 0 radical (unpaired) electrons. The zero-order valence-electron chi connectivity index (χ0n) is 14.1. The van der Waals surface area contributed by atoms with Gasteiger partial charge in [0.05, 0.1) is 19.2 Å². The third-order valence-electron chi connectivity index (χ3n) is 4.45. The van der Waals surface area contributed by atoms with E-state index in [0.717, 1.165) is 18.6 Å². The minimum Gasteiger partial charge on any atom is -0.334 e. The van der Waals surface area contributed by atoms with Crippen LogP contribution in [-0.2, 0) is 30.8 Å². The minimum absolute atomic E-state index is 0.0517. The van der Waals surface area contributed by atoms with Crippen LogP contribution < -0.4 is 0 Å². The van der Waals surface area contributed by atoms with E-state index in [1.807, 2.05) is 6.20 Å². The molecule has 134 valence electrons. The van der Waals surface area contributed by atoms with Gasteiger partial charge in [-0.2, -0.15) is 5.10 Å². The Balaban J connectivity index is 1.52. The highest BCUT2D eigenvalue weighted by Crippen LogP contribution is 2.18. The fraction of sp³-hybridized carbons (Fsp3) is 0.353. The lowest BCUT2D eigenvalue weighted by atomic mass is 10.1. The zero-order chi connectivity index (χ0) is 17.9. The van der Waals surface area contributed by atoms with Gasteiger partial charge in [-0.1, -0.05) is 0 Å². The van der Waals surface area contributed by atoms with Crippen LogP contribution in [0.2, 0.25) is 0 Å². The number of amides is 1. The maximum absolute atomic E-state index is 13.0. The fourth-order valence-electron chi connectivity index (χ4n) is 3.22. The van der Waals surface area contributed by atoms with Crippen molar-refractivity contribution in [1.82, 2.24) is 34.2 Å². The summed E-state index contributed by atoms with van der Waals surface area (Å²) in [6.45, 7) is 2.45. The van der Waals surface area contributed by atoms with Crippen LogP contribution in [0.15, 0.2) is 43.4 Å². The molecule has 1 amide bonds. The van der Waals surface area contributed by atoms with Crippen molar-refractivity contribution in [3.63, 3.8) is 0 Å². The first-order valence-corrected chi connectivity index (χ1v) is 8.38. The Bertz CT molecular complexity index is 875. The van der Waals surface area contributed by atoms with Crippen LogP contribution >= 0.6 is 0 Å². The number of hydrogen-bond acceptors (Lipinski definition) is 5. The molecule has 1 aliphatic rings. The van der Waals surface area contributed by atoms with E-state index < -0.39 is 5.82 Å². The van der Waals surface area contributed by atoms with Gasteiger partial charge in [0, 0.05) is 43.6 Å². The third-order valence-corrected chi connectivity index (χ3v) is 4.45. The highest BCUT2D eigenvalue weighted by atomic mass is 19.1. The van der Waals surface area contributed by atoms with Crippen LogP contribution in [0.5, 0.6) is 0 Å². The summed E-state index contributed by atoms with van der Waals surface area (Å²) in [5.41, 5.74) is 0.553. The standard InChI is InChI=1S/C17H18FN7O/c18-14-1-2-15(21-6-14)5-17(26)24-8-13(9-25-12-19-11-22-25)7-23-4-3-20-16(23)10-24/h1-4,6,11-13H,5,7-10H2. The first-order valence-electron chi connectivity index (χ1n) is 8.38. The highest BCUT2D eigenvalue weighted by molar-refractivity contribution is 5.78. The van der Waals surface area contributed by atoms with Gasteiger partial charge in [0.2, 0.25) is 5.91 Å². The van der Waals surface area contributed by atoms with Gasteiger partial charge in [-0.25, -0.2) is 14.4 Å². The molecule has 3 aromatic rings. The van der Waals surface area contributed by atoms with Gasteiger partial charge in [0.15, 0.2) is 0 Å². The van der Waals surface area contributed by atoms with Crippen molar-refractivity contribution in [3.8, 4) is 0 Å². The summed E-state index contributed by atoms with van der Waals surface area (Å²) in [7, 11) is 0. The molecule has 0 aliphatic carbocycles. The molecule has 4 heterocycles. The van der Waals surface area contributed by atoms with E-state index in [-0.39, 0.29) is 18.2 Å². The topological polar surface area (TPSA) is 81.7 Å². The van der Waals surface area contributed by atoms with Crippen molar-refractivity contribution in [2.24, 2.45) is 5.92 Å². The van der Waals surface area contributed by atoms with E-state index in [9.17, 15) is 9.18 Å². The van der Waals surface area contributed by atoms with Gasteiger partial charge in [-0.3, -0.25) is 14.5 Å². The Morgan fingerprint density at radius 2 is 2.19 bits per heavy atom. The summed E-state index contributed by atoms with van der Waals surface area (Å²) in [6, 6.07) is 2.86. The number of aromatic nitrogens is 6. The molecule has 0 spiro atoms. The molecule has 0 saturated carbocycles. The largest absolute Gasteiger partial charge is 0.334 e. The molecule has 0 fully saturated rings. The molecule has 1 unspecified atom stereocenters. The highest BCUT2D eigenvalue weighted by Gasteiger charge is 2.26. The maximum Gasteiger partial charge on any atom is 0.229 e. The predicted octanol–water partition coefficient (Wildman–Crippen LogP) is 0.910. The van der Waals surface area contributed by atoms with E-state index >= 15 is 0 Å². The van der Waals surface area contributed by atoms with Crippen LogP contribution in [0.1, 0.15) is 11.5 Å². The smallest absolute Gasteiger partial charge is 0.229 e. The lowest BCUT2D eigenvalue weighted by Crippen LogP contribution is -2.36. The molecule has 26 heavy (non-hydrogen) atoms. The number of fused-ring (bicyclic) bond motifs is 1. The Morgan fingerprint density at radius 3 is 2.96 bits per heavy atom. The normalized spacial score (nSPS) is 17.0. The molecule has 0 bridgehead atoms. The second-order valence-corrected chi connectivity index (χ2v) is 6.40. The molecule has 8 nitrogen and oxygen atoms in total. The van der Waals surface area contributed by atoms with Gasteiger partial charge in [0.1, 0.15) is 24.3 Å². The maximum atomic E-state index is 13.0. The number of imidazole rings is 1. The summed E-state index contributed by atoms with van der Waals surface area (Å²) in [6.07, 6.45) is 8.12. The van der Waals surface area contributed by atoms with Crippen molar-refractivity contribution >= 4 is 5.91 Å². The van der Waals surface area contributed by atoms with E-state index in [1.165, 1.54) is 12.4 Å². The lowest BCUT2D eigenvalue weighted by Gasteiger charge is -2.24. The molecule has 0 N–H and O–H groups in total. The second kappa shape index (κ2) is 7.03. The summed E-state index contributed by atoms with van der Waals surface area (Å²) in [5, 5.41) is 4.16. The average molecular weight is 355 g/mol. The Kier molecular flexibility index (Phi) is 4.42. The molecule has 1 aliphatic heterocycles. The van der Waals surface area contributed by atoms with Crippen LogP contribution in [0.4, 0.5) is 4.39 Å². The number of nitrogens with zero attached hydrogens (tertiary/aromatic N) is 7. The monoisotopic (exact) mass is 355 g/mol. The first kappa shape index (κ1) is 16.4. The van der Waals surface area contributed by atoms with E-state index in [4.69, 9.17) is 0 Å². The van der Waals surface area contributed by atoms with E-state index in [2.05, 4.69) is 24.6 Å². The number of carbonyl (C=O) groups is 1. The van der Waals surface area contributed by atoms with Gasteiger partial charge in [0.25, 0.3) is 0 Å². The van der Waals surface area contributed by atoms with Crippen molar-refractivity contribution < 1.29 is 9.18 Å². The SMILES string of the molecule is O=C(Cc1ccc(F)cn1)N1Cc2nccn2CC(Cn2cncn2)C1. The number of hydrogen-bond donors (Lipinski definition) is 0. The van der Waals surface area contributed by atoms with Gasteiger partial charge < -0.3 is 9.47 Å². The second-order valence-electron chi connectivity index (χ2n) is 6.40. The Hall–Kier alpha value is -3.10. The summed E-state index contributed by atoms with van der Waals surface area (Å²) in [4.78, 5) is 26.9. The average Bonchev–Trinajstić information content (AvgIpc) is 3.26. The van der Waals surface area contributed by atoms with Crippen molar-refractivity contribution in [2.75, 3.05) is 6.54 Å². The molecular weight excluding hydrogens is 337 g/mol. The first-order chi connectivity index (χ1) is 12.7. The van der Waals surface area contributed by atoms with Gasteiger partial charge in [-0.05, 0) is 12.1 Å². The molecule has 1 atom stereocenters. The Labute approximate surface area is 149 Å². The number of halogens is 1. The van der Waals surface area contributed by atoms with Crippen LogP contribution in [0.25, 0.3) is 0 Å². The van der Waals surface area contributed by atoms with Crippen molar-refractivity contribution in [3.05, 3.63) is 60.7 Å². The molecule has 4 rings (SSSR count). The zero-order valence-corrected chi connectivity index (χ0v) is 14.1. The van der Waals surface area contributed by atoms with Gasteiger partial charge in [-0.15, -0.1) is 0 Å². The number of rotatable bonds is 4. The van der Waals surface area contributed by atoms with E-state index in [0.29, 0.717) is 25.3 Å². The predicted molar refractivity (Wildman–Crippen MR) is 89.1 cm³/mol. The Morgan fingerprint density at radius 1 is 1.27 bits per heavy atom. The number of carbonyl (C=O) groups excluding carboxylic acids is 1. The van der Waals surface area contributed by atoms with Gasteiger partial charge >= 0.3 is 0 Å². The minimum atomic E-state index is -0.411. The van der Waals surface area contributed by atoms with E-state index in [1.54, 1.807) is 28.2 Å². The summed E-state index contributed by atoms with van der Waals surface area (Å²) < 4.78 is 16.9. The molecule has 3 aromatic heterocycles. The summed E-state index contributed by atoms with van der Waals surface area (Å²) in [5.74, 6) is 0.568. The molecule has 9 heteroatoms.